The number of nitrogens with two attached hydrogens (primary N) is 1. The van der Waals surface area contributed by atoms with Gasteiger partial charge in [0.1, 0.15) is 11.9 Å². The molecule has 6 nitrogen and oxygen atoms in total. The zero-order valence-electron chi connectivity index (χ0n) is 16.2. The van der Waals surface area contributed by atoms with Crippen molar-refractivity contribution in [3.63, 3.8) is 0 Å². The smallest absolute Gasteiger partial charge is 0.251 e. The maximum atomic E-state index is 13.6. The van der Waals surface area contributed by atoms with Crippen molar-refractivity contribution in [2.45, 2.75) is 51.4 Å². The number of nitrogens with zero attached hydrogens (tertiary/aromatic N) is 1. The van der Waals surface area contributed by atoms with E-state index in [2.05, 4.69) is 5.32 Å². The maximum absolute atomic E-state index is 13.6. The van der Waals surface area contributed by atoms with Crippen molar-refractivity contribution in [3.8, 4) is 0 Å². The minimum atomic E-state index is -0.389. The molecule has 2 heterocycles. The van der Waals surface area contributed by atoms with Crippen LogP contribution in [0.1, 0.15) is 36.8 Å². The summed E-state index contributed by atoms with van der Waals surface area (Å²) in [6.45, 7) is 3.58. The molecule has 2 fully saturated rings. The lowest BCUT2D eigenvalue weighted by Crippen LogP contribution is -2.46. The number of ether oxygens (including phenoxy) is 1. The summed E-state index contributed by atoms with van der Waals surface area (Å²) < 4.78 is 19.3. The van der Waals surface area contributed by atoms with Crippen LogP contribution in [0.25, 0.3) is 0 Å². The molecule has 2 atom stereocenters. The second kappa shape index (κ2) is 10.2. The molecule has 28 heavy (non-hydrogen) atoms. The zero-order valence-corrected chi connectivity index (χ0v) is 17.0. The molecule has 0 unspecified atom stereocenters. The molecule has 0 spiro atoms. The topological polar surface area (TPSA) is 84.7 Å². The Hall–Kier alpha value is -1.70. The number of nitrogens with one attached hydrogen (secondary N) is 1. The number of carbonyl (C=O) groups is 2. The molecule has 8 heteroatoms. The van der Waals surface area contributed by atoms with E-state index in [1.165, 1.54) is 6.07 Å². The van der Waals surface area contributed by atoms with E-state index in [4.69, 9.17) is 10.5 Å². The van der Waals surface area contributed by atoms with Crippen molar-refractivity contribution in [1.82, 2.24) is 10.2 Å². The highest BCUT2D eigenvalue weighted by Crippen LogP contribution is 2.24. The Morgan fingerprint density at radius 1 is 1.25 bits per heavy atom. The largest absolute Gasteiger partial charge is 0.364 e. The lowest BCUT2D eigenvalue weighted by molar-refractivity contribution is -0.145. The summed E-state index contributed by atoms with van der Waals surface area (Å²) >= 11 is 0. The van der Waals surface area contributed by atoms with E-state index in [0.29, 0.717) is 51.0 Å². The van der Waals surface area contributed by atoms with Crippen LogP contribution in [0.5, 0.6) is 0 Å². The molecule has 2 saturated heterocycles. The number of amides is 2. The predicted octanol–water partition coefficient (Wildman–Crippen LogP) is 1.92. The highest BCUT2D eigenvalue weighted by atomic mass is 35.5. The molecule has 3 rings (SSSR count). The van der Waals surface area contributed by atoms with Gasteiger partial charge in [-0.1, -0.05) is 12.1 Å². The number of likely N-dealkylation sites (tertiary alicyclic amines) is 1. The molecule has 2 aliphatic heterocycles. The molecule has 0 radical (unpaired) electrons. The molecule has 3 N–H and O–H groups in total. The number of rotatable bonds is 5. The fourth-order valence-corrected chi connectivity index (χ4v) is 3.71. The minimum Gasteiger partial charge on any atom is -0.364 e. The van der Waals surface area contributed by atoms with E-state index in [-0.39, 0.29) is 48.2 Å². The van der Waals surface area contributed by atoms with Crippen molar-refractivity contribution in [2.24, 2.45) is 11.7 Å². The van der Waals surface area contributed by atoms with Gasteiger partial charge in [-0.2, -0.15) is 0 Å². The van der Waals surface area contributed by atoms with E-state index in [9.17, 15) is 14.0 Å². The van der Waals surface area contributed by atoms with Gasteiger partial charge in [-0.15, -0.1) is 12.4 Å². The van der Waals surface area contributed by atoms with Crippen molar-refractivity contribution < 1.29 is 18.7 Å². The second-order valence-corrected chi connectivity index (χ2v) is 7.46. The number of hydrogen-bond donors (Lipinski definition) is 2. The molecule has 0 aromatic heterocycles. The number of aryl methyl sites for hydroxylation is 1. The summed E-state index contributed by atoms with van der Waals surface area (Å²) in [7, 11) is 0. The molecular formula is C20H29ClFN3O3. The summed E-state index contributed by atoms with van der Waals surface area (Å²) in [5, 5.41) is 2.88. The third-order valence-electron chi connectivity index (χ3n) is 5.53. The third-order valence-corrected chi connectivity index (χ3v) is 5.53. The average Bonchev–Trinajstić information content (AvgIpc) is 3.17. The average molecular weight is 414 g/mol. The summed E-state index contributed by atoms with van der Waals surface area (Å²) in [5.74, 6) is -0.409. The number of halogens is 2. The van der Waals surface area contributed by atoms with Crippen LogP contribution in [-0.4, -0.2) is 48.6 Å². The third kappa shape index (κ3) is 5.43. The molecule has 0 aliphatic carbocycles. The Labute approximate surface area is 171 Å². The normalized spacial score (nSPS) is 22.6. The van der Waals surface area contributed by atoms with E-state index in [0.717, 1.165) is 12.0 Å². The van der Waals surface area contributed by atoms with Crippen molar-refractivity contribution in [1.29, 1.82) is 0 Å². The molecule has 2 aliphatic rings. The summed E-state index contributed by atoms with van der Waals surface area (Å²) in [4.78, 5) is 26.7. The van der Waals surface area contributed by atoms with Crippen molar-refractivity contribution >= 4 is 24.2 Å². The Morgan fingerprint density at radius 3 is 2.57 bits per heavy atom. The monoisotopic (exact) mass is 413 g/mol. The van der Waals surface area contributed by atoms with E-state index in [1.54, 1.807) is 17.9 Å². The van der Waals surface area contributed by atoms with Crippen LogP contribution in [0, 0.1) is 18.7 Å². The standard InChI is InChI=1S/C20H28FN3O3.ClH/c1-13-2-3-14(10-17(13)21)12-23-19(25)15-6-8-24(9-7-15)20(26)18-5-4-16(11-22)27-18;/h2-3,10,15-16,18H,4-9,11-12,22H2,1H3,(H,23,25);1H/t16-,18+;/m1./s1. The quantitative estimate of drug-likeness (QED) is 0.772. The number of benzene rings is 1. The molecule has 0 saturated carbocycles. The Morgan fingerprint density at radius 2 is 1.96 bits per heavy atom. The van der Waals surface area contributed by atoms with Gasteiger partial charge in [0.05, 0.1) is 6.10 Å². The second-order valence-electron chi connectivity index (χ2n) is 7.46. The summed E-state index contributed by atoms with van der Waals surface area (Å²) in [5.41, 5.74) is 6.93. The first kappa shape index (κ1) is 22.6. The van der Waals surface area contributed by atoms with Crippen LogP contribution >= 0.6 is 12.4 Å². The molecule has 2 amide bonds. The number of piperidine rings is 1. The highest BCUT2D eigenvalue weighted by Gasteiger charge is 2.35. The molecule has 156 valence electrons. The van der Waals surface area contributed by atoms with Gasteiger partial charge in [0, 0.05) is 32.1 Å². The molecular weight excluding hydrogens is 385 g/mol. The van der Waals surface area contributed by atoms with Crippen LogP contribution in [0.15, 0.2) is 18.2 Å². The van der Waals surface area contributed by atoms with Gasteiger partial charge >= 0.3 is 0 Å². The maximum Gasteiger partial charge on any atom is 0.251 e. The van der Waals surface area contributed by atoms with Crippen LogP contribution in [0.3, 0.4) is 0 Å². The van der Waals surface area contributed by atoms with E-state index in [1.807, 2.05) is 6.07 Å². The van der Waals surface area contributed by atoms with Gasteiger partial charge in [-0.05, 0) is 49.8 Å². The molecule has 1 aromatic rings. The van der Waals surface area contributed by atoms with Crippen LogP contribution < -0.4 is 11.1 Å². The zero-order chi connectivity index (χ0) is 19.4. The fourth-order valence-electron chi connectivity index (χ4n) is 3.71. The predicted molar refractivity (Wildman–Crippen MR) is 106 cm³/mol. The van der Waals surface area contributed by atoms with E-state index >= 15 is 0 Å². The highest BCUT2D eigenvalue weighted by molar-refractivity contribution is 5.85. The first-order chi connectivity index (χ1) is 13.0. The Kier molecular flexibility index (Phi) is 8.22. The lowest BCUT2D eigenvalue weighted by Gasteiger charge is -2.32. The van der Waals surface area contributed by atoms with Crippen LogP contribution in [-0.2, 0) is 20.9 Å². The first-order valence-electron chi connectivity index (χ1n) is 9.65. The van der Waals surface area contributed by atoms with Gasteiger partial charge in [0.25, 0.3) is 5.91 Å². The van der Waals surface area contributed by atoms with Gasteiger partial charge < -0.3 is 20.7 Å². The Balaban J connectivity index is 0.00000280. The van der Waals surface area contributed by atoms with Gasteiger partial charge in [0.2, 0.25) is 5.91 Å². The van der Waals surface area contributed by atoms with Gasteiger partial charge in [0.15, 0.2) is 0 Å². The fraction of sp³-hybridized carbons (Fsp3) is 0.600. The minimum absolute atomic E-state index is 0. The molecule has 1 aromatic carbocycles. The lowest BCUT2D eigenvalue weighted by atomic mass is 9.95. The molecule has 0 bridgehead atoms. The van der Waals surface area contributed by atoms with Gasteiger partial charge in [-0.3, -0.25) is 9.59 Å². The van der Waals surface area contributed by atoms with Gasteiger partial charge in [-0.25, -0.2) is 4.39 Å². The SMILES string of the molecule is Cc1ccc(CNC(=O)C2CCN(C(=O)[C@@H]3CC[C@H](CN)O3)CC2)cc1F.Cl. The number of hydrogen-bond acceptors (Lipinski definition) is 4. The summed E-state index contributed by atoms with van der Waals surface area (Å²) in [6.07, 6.45) is 2.40. The van der Waals surface area contributed by atoms with E-state index < -0.39 is 0 Å². The van der Waals surface area contributed by atoms with Crippen molar-refractivity contribution in [2.75, 3.05) is 19.6 Å². The van der Waals surface area contributed by atoms with Crippen molar-refractivity contribution in [3.05, 3.63) is 35.1 Å². The first-order valence-corrected chi connectivity index (χ1v) is 9.65. The Bertz CT molecular complexity index is 695. The van der Waals surface area contributed by atoms with Crippen LogP contribution in [0.2, 0.25) is 0 Å². The number of carbonyl (C=O) groups excluding carboxylic acids is 2. The van der Waals surface area contributed by atoms with Crippen LogP contribution in [0.4, 0.5) is 4.39 Å². The summed E-state index contributed by atoms with van der Waals surface area (Å²) in [6, 6.07) is 4.98.